The fourth-order valence-corrected chi connectivity index (χ4v) is 2.20. The van der Waals surface area contributed by atoms with Crippen LogP contribution < -0.4 is 5.32 Å². The number of halogens is 1. The molecule has 0 spiro atoms. The van der Waals surface area contributed by atoms with Crippen LogP contribution in [0, 0.1) is 25.2 Å². The molecule has 0 aliphatic rings. The Morgan fingerprint density at radius 3 is 2.52 bits per heavy atom. The molecular formula is C15H11ClN4O. The number of fused-ring (bicyclic) bond motifs is 1. The zero-order valence-corrected chi connectivity index (χ0v) is 12.2. The molecule has 0 fully saturated rings. The number of nitrogens with zero attached hydrogens (tertiary/aromatic N) is 3. The van der Waals surface area contributed by atoms with Crippen LogP contribution in [0.25, 0.3) is 11.0 Å². The van der Waals surface area contributed by atoms with E-state index in [1.165, 1.54) is 0 Å². The van der Waals surface area contributed by atoms with E-state index >= 15 is 0 Å². The average molecular weight is 299 g/mol. The molecule has 3 aromatic rings. The van der Waals surface area contributed by atoms with Gasteiger partial charge in [-0.2, -0.15) is 5.26 Å². The van der Waals surface area contributed by atoms with Gasteiger partial charge in [-0.1, -0.05) is 23.7 Å². The lowest BCUT2D eigenvalue weighted by Crippen LogP contribution is -1.98. The number of para-hydroxylation sites is 2. The SMILES string of the molecule is Cc1oc(Nc2nc3ccccc3nc2Cl)c(C#N)c1C. The third-order valence-corrected chi connectivity index (χ3v) is 3.52. The summed E-state index contributed by atoms with van der Waals surface area (Å²) in [6.45, 7) is 3.63. The number of hydrogen-bond acceptors (Lipinski definition) is 5. The number of nitriles is 1. The van der Waals surface area contributed by atoms with Crippen molar-refractivity contribution in [2.24, 2.45) is 0 Å². The molecule has 2 aromatic heterocycles. The maximum absolute atomic E-state index is 9.21. The number of rotatable bonds is 2. The van der Waals surface area contributed by atoms with Crippen LogP contribution in [0.2, 0.25) is 5.15 Å². The Bertz CT molecular complexity index is 879. The molecule has 0 unspecified atom stereocenters. The van der Waals surface area contributed by atoms with Crippen molar-refractivity contribution in [3.05, 3.63) is 46.3 Å². The molecule has 0 saturated heterocycles. The Labute approximate surface area is 126 Å². The van der Waals surface area contributed by atoms with Gasteiger partial charge in [0.05, 0.1) is 11.0 Å². The van der Waals surface area contributed by atoms with E-state index < -0.39 is 0 Å². The van der Waals surface area contributed by atoms with E-state index in [1.807, 2.05) is 31.2 Å². The summed E-state index contributed by atoms with van der Waals surface area (Å²) in [4.78, 5) is 8.68. The van der Waals surface area contributed by atoms with Crippen LogP contribution >= 0.6 is 11.6 Å². The predicted octanol–water partition coefficient (Wildman–Crippen LogP) is 4.11. The normalized spacial score (nSPS) is 10.6. The van der Waals surface area contributed by atoms with Crippen molar-refractivity contribution in [3.8, 4) is 6.07 Å². The van der Waals surface area contributed by atoms with E-state index in [1.54, 1.807) is 6.92 Å². The number of anilines is 2. The summed E-state index contributed by atoms with van der Waals surface area (Å²) in [6.07, 6.45) is 0. The molecule has 104 valence electrons. The monoisotopic (exact) mass is 298 g/mol. The Kier molecular flexibility index (Phi) is 3.24. The highest BCUT2D eigenvalue weighted by Crippen LogP contribution is 2.30. The minimum atomic E-state index is 0.226. The molecule has 1 N–H and O–H groups in total. The third kappa shape index (κ3) is 2.30. The second-order valence-electron chi connectivity index (χ2n) is 4.58. The number of benzene rings is 1. The largest absolute Gasteiger partial charge is 0.444 e. The first kappa shape index (κ1) is 13.4. The minimum Gasteiger partial charge on any atom is -0.444 e. The van der Waals surface area contributed by atoms with Crippen molar-refractivity contribution in [1.82, 2.24) is 9.97 Å². The van der Waals surface area contributed by atoms with Gasteiger partial charge in [-0.25, -0.2) is 9.97 Å². The van der Waals surface area contributed by atoms with Crippen molar-refractivity contribution in [2.45, 2.75) is 13.8 Å². The van der Waals surface area contributed by atoms with E-state index in [0.717, 1.165) is 5.56 Å². The molecule has 0 aliphatic heterocycles. The summed E-state index contributed by atoms with van der Waals surface area (Å²) in [7, 11) is 0. The Morgan fingerprint density at radius 2 is 1.86 bits per heavy atom. The Morgan fingerprint density at radius 1 is 1.19 bits per heavy atom. The van der Waals surface area contributed by atoms with Crippen LogP contribution in [0.5, 0.6) is 0 Å². The summed E-state index contributed by atoms with van der Waals surface area (Å²) < 4.78 is 5.55. The van der Waals surface area contributed by atoms with Crippen LogP contribution in [0.1, 0.15) is 16.9 Å². The van der Waals surface area contributed by atoms with Gasteiger partial charge in [0.25, 0.3) is 0 Å². The van der Waals surface area contributed by atoms with Crippen LogP contribution in [0.3, 0.4) is 0 Å². The Balaban J connectivity index is 2.08. The third-order valence-electron chi connectivity index (χ3n) is 3.26. The van der Waals surface area contributed by atoms with E-state index in [2.05, 4.69) is 21.4 Å². The fraction of sp³-hybridized carbons (Fsp3) is 0.133. The first-order chi connectivity index (χ1) is 10.1. The molecule has 0 bridgehead atoms. The molecular weight excluding hydrogens is 288 g/mol. The number of furan rings is 1. The van der Waals surface area contributed by atoms with Crippen LogP contribution in [-0.4, -0.2) is 9.97 Å². The van der Waals surface area contributed by atoms with E-state index in [-0.39, 0.29) is 5.15 Å². The lowest BCUT2D eigenvalue weighted by Gasteiger charge is -2.06. The lowest BCUT2D eigenvalue weighted by atomic mass is 10.2. The van der Waals surface area contributed by atoms with Gasteiger partial charge in [0.2, 0.25) is 5.88 Å². The topological polar surface area (TPSA) is 74.7 Å². The lowest BCUT2D eigenvalue weighted by molar-refractivity contribution is 0.548. The van der Waals surface area contributed by atoms with Crippen LogP contribution in [-0.2, 0) is 0 Å². The van der Waals surface area contributed by atoms with Gasteiger partial charge in [0.1, 0.15) is 17.4 Å². The van der Waals surface area contributed by atoms with Gasteiger partial charge in [-0.15, -0.1) is 0 Å². The first-order valence-electron chi connectivity index (χ1n) is 6.29. The van der Waals surface area contributed by atoms with Crippen LogP contribution in [0.15, 0.2) is 28.7 Å². The molecule has 0 radical (unpaired) electrons. The first-order valence-corrected chi connectivity index (χ1v) is 6.67. The van der Waals surface area contributed by atoms with Crippen LogP contribution in [0.4, 0.5) is 11.7 Å². The second-order valence-corrected chi connectivity index (χ2v) is 4.93. The highest BCUT2D eigenvalue weighted by molar-refractivity contribution is 6.32. The molecule has 0 amide bonds. The average Bonchev–Trinajstić information content (AvgIpc) is 2.74. The summed E-state index contributed by atoms with van der Waals surface area (Å²) in [6, 6.07) is 9.53. The van der Waals surface area contributed by atoms with Gasteiger partial charge < -0.3 is 9.73 Å². The molecule has 1 aromatic carbocycles. The van der Waals surface area contributed by atoms with Crippen molar-refractivity contribution < 1.29 is 4.42 Å². The molecule has 2 heterocycles. The van der Waals surface area contributed by atoms with Crippen molar-refractivity contribution >= 4 is 34.3 Å². The molecule has 21 heavy (non-hydrogen) atoms. The van der Waals surface area contributed by atoms with Crippen molar-refractivity contribution in [3.63, 3.8) is 0 Å². The molecule has 0 atom stereocenters. The standard InChI is InChI=1S/C15H11ClN4O/c1-8-9(2)21-15(10(8)7-17)20-14-13(16)18-11-5-3-4-6-12(11)19-14/h3-6H,1-2H3,(H,19,20). The number of aromatic nitrogens is 2. The Hall–Kier alpha value is -2.58. The summed E-state index contributed by atoms with van der Waals surface area (Å²) in [5.41, 5.74) is 2.66. The molecule has 3 rings (SSSR count). The molecule has 5 nitrogen and oxygen atoms in total. The molecule has 0 aliphatic carbocycles. The maximum atomic E-state index is 9.21. The minimum absolute atomic E-state index is 0.226. The van der Waals surface area contributed by atoms with Gasteiger partial charge in [-0.05, 0) is 26.0 Å². The molecule has 0 saturated carbocycles. The summed E-state index contributed by atoms with van der Waals surface area (Å²) in [5.74, 6) is 1.37. The smallest absolute Gasteiger partial charge is 0.216 e. The zero-order valence-electron chi connectivity index (χ0n) is 11.4. The van der Waals surface area contributed by atoms with E-state index in [0.29, 0.717) is 34.1 Å². The summed E-state index contributed by atoms with van der Waals surface area (Å²) >= 11 is 6.13. The van der Waals surface area contributed by atoms with E-state index in [9.17, 15) is 5.26 Å². The molecule has 6 heteroatoms. The van der Waals surface area contributed by atoms with Gasteiger partial charge in [-0.3, -0.25) is 0 Å². The quantitative estimate of drug-likeness (QED) is 0.770. The highest BCUT2D eigenvalue weighted by Gasteiger charge is 2.16. The number of aryl methyl sites for hydroxylation is 1. The van der Waals surface area contributed by atoms with Crippen molar-refractivity contribution in [2.75, 3.05) is 5.32 Å². The summed E-state index contributed by atoms with van der Waals surface area (Å²) in [5, 5.41) is 12.4. The fourth-order valence-electron chi connectivity index (χ4n) is 2.02. The van der Waals surface area contributed by atoms with Gasteiger partial charge in [0.15, 0.2) is 11.0 Å². The maximum Gasteiger partial charge on any atom is 0.216 e. The number of nitrogens with one attached hydrogen (secondary N) is 1. The predicted molar refractivity (Wildman–Crippen MR) is 80.7 cm³/mol. The van der Waals surface area contributed by atoms with E-state index in [4.69, 9.17) is 16.0 Å². The second kappa shape index (κ2) is 5.08. The highest BCUT2D eigenvalue weighted by atomic mass is 35.5. The van der Waals surface area contributed by atoms with Crippen molar-refractivity contribution in [1.29, 1.82) is 5.26 Å². The number of hydrogen-bond donors (Lipinski definition) is 1. The van der Waals surface area contributed by atoms with Gasteiger partial charge in [0, 0.05) is 5.56 Å². The van der Waals surface area contributed by atoms with Gasteiger partial charge >= 0.3 is 0 Å². The zero-order chi connectivity index (χ0) is 15.0.